The summed E-state index contributed by atoms with van der Waals surface area (Å²) in [5.74, 6) is 0. The van der Waals surface area contributed by atoms with Gasteiger partial charge in [-0.2, -0.15) is 5.10 Å². The Morgan fingerprint density at radius 3 is 3.00 bits per heavy atom. The van der Waals surface area contributed by atoms with E-state index in [0.29, 0.717) is 6.54 Å². The van der Waals surface area contributed by atoms with Crippen LogP contribution in [0.5, 0.6) is 0 Å². The molecule has 4 nitrogen and oxygen atoms in total. The van der Waals surface area contributed by atoms with Crippen LogP contribution in [0.15, 0.2) is 11.2 Å². The maximum absolute atomic E-state index is 9.79. The zero-order chi connectivity index (χ0) is 8.97. The molecular formula is C8H11N3O. The van der Waals surface area contributed by atoms with E-state index in [9.17, 15) is 4.79 Å². The summed E-state index contributed by atoms with van der Waals surface area (Å²) in [5.41, 5.74) is 2.26. The van der Waals surface area contributed by atoms with Crippen LogP contribution in [0.1, 0.15) is 11.3 Å². The molecule has 0 bridgehead atoms. The first kappa shape index (κ1) is 8.68. The first-order chi connectivity index (χ1) is 5.75. The van der Waals surface area contributed by atoms with Crippen LogP contribution in [0.4, 0.5) is 0 Å². The molecule has 0 spiro atoms. The van der Waals surface area contributed by atoms with Crippen LogP contribution in [0, 0.1) is 6.92 Å². The molecular weight excluding hydrogens is 154 g/mol. The predicted molar refractivity (Wildman–Crippen MR) is 44.6 cm³/mol. The zero-order valence-electron chi connectivity index (χ0n) is 7.24. The Hall–Kier alpha value is -1.41. The molecule has 0 saturated heterocycles. The first-order valence-corrected chi connectivity index (χ1v) is 3.77. The van der Waals surface area contributed by atoms with Gasteiger partial charge >= 0.3 is 0 Å². The molecule has 1 rings (SSSR count). The fraction of sp³-hybridized carbons (Fsp3) is 0.500. The van der Waals surface area contributed by atoms with Gasteiger partial charge < -0.3 is 0 Å². The van der Waals surface area contributed by atoms with E-state index in [4.69, 9.17) is 0 Å². The van der Waals surface area contributed by atoms with Crippen molar-refractivity contribution in [1.82, 2.24) is 9.78 Å². The van der Waals surface area contributed by atoms with Gasteiger partial charge in [-0.3, -0.25) is 4.68 Å². The number of rotatable bonds is 3. The second kappa shape index (κ2) is 3.83. The SMILES string of the molecule is Cc1cnn(C)c1CCN=C=O. The lowest BCUT2D eigenvalue weighted by molar-refractivity contribution is 0.562. The third kappa shape index (κ3) is 1.80. The fourth-order valence-electron chi connectivity index (χ4n) is 1.14. The minimum absolute atomic E-state index is 0.490. The monoisotopic (exact) mass is 165 g/mol. The summed E-state index contributed by atoms with van der Waals surface area (Å²) < 4.78 is 1.80. The molecule has 0 saturated carbocycles. The van der Waals surface area contributed by atoms with Crippen LogP contribution in [0.3, 0.4) is 0 Å². The van der Waals surface area contributed by atoms with E-state index in [1.54, 1.807) is 10.9 Å². The van der Waals surface area contributed by atoms with E-state index in [0.717, 1.165) is 17.7 Å². The van der Waals surface area contributed by atoms with Gasteiger partial charge in [0.05, 0.1) is 12.7 Å². The van der Waals surface area contributed by atoms with E-state index in [1.807, 2.05) is 14.0 Å². The smallest absolute Gasteiger partial charge is 0.234 e. The average molecular weight is 165 g/mol. The number of aryl methyl sites for hydroxylation is 2. The van der Waals surface area contributed by atoms with Crippen molar-refractivity contribution in [3.8, 4) is 0 Å². The summed E-state index contributed by atoms with van der Waals surface area (Å²) in [6, 6.07) is 0. The van der Waals surface area contributed by atoms with Crippen LogP contribution in [0.2, 0.25) is 0 Å². The highest BCUT2D eigenvalue weighted by atomic mass is 16.1. The lowest BCUT2D eigenvalue weighted by atomic mass is 10.2. The summed E-state index contributed by atoms with van der Waals surface area (Å²) >= 11 is 0. The number of hydrogen-bond acceptors (Lipinski definition) is 3. The minimum atomic E-state index is 0.490. The van der Waals surface area contributed by atoms with Crippen molar-refractivity contribution in [2.45, 2.75) is 13.3 Å². The van der Waals surface area contributed by atoms with E-state index in [-0.39, 0.29) is 0 Å². The number of nitrogens with zero attached hydrogens (tertiary/aromatic N) is 3. The summed E-state index contributed by atoms with van der Waals surface area (Å²) in [5, 5.41) is 4.07. The Morgan fingerprint density at radius 1 is 1.75 bits per heavy atom. The highest BCUT2D eigenvalue weighted by molar-refractivity contribution is 5.33. The maximum Gasteiger partial charge on any atom is 0.234 e. The van der Waals surface area contributed by atoms with Crippen molar-refractivity contribution >= 4 is 6.08 Å². The van der Waals surface area contributed by atoms with E-state index in [1.165, 1.54) is 6.08 Å². The van der Waals surface area contributed by atoms with Crippen LogP contribution in [-0.2, 0) is 18.3 Å². The molecule has 0 unspecified atom stereocenters. The quantitative estimate of drug-likeness (QED) is 0.486. The van der Waals surface area contributed by atoms with Crippen LogP contribution in [-0.4, -0.2) is 22.4 Å². The Bertz CT molecular complexity index is 291. The van der Waals surface area contributed by atoms with Gasteiger partial charge in [0.25, 0.3) is 0 Å². The van der Waals surface area contributed by atoms with Gasteiger partial charge in [0.2, 0.25) is 6.08 Å². The molecule has 1 heterocycles. The first-order valence-electron chi connectivity index (χ1n) is 3.77. The summed E-state index contributed by atoms with van der Waals surface area (Å²) in [6.45, 7) is 2.48. The number of carbonyl (C=O) groups excluding carboxylic acids is 1. The van der Waals surface area contributed by atoms with E-state index in [2.05, 4.69) is 10.1 Å². The molecule has 0 N–H and O–H groups in total. The second-order valence-electron chi connectivity index (χ2n) is 2.62. The Morgan fingerprint density at radius 2 is 2.50 bits per heavy atom. The molecule has 0 aliphatic rings. The van der Waals surface area contributed by atoms with Crippen molar-refractivity contribution in [1.29, 1.82) is 0 Å². The standard InChI is InChI=1S/C8H11N3O/c1-7-5-10-11(2)8(7)3-4-9-6-12/h5H,3-4H2,1-2H3. The lowest BCUT2D eigenvalue weighted by Crippen LogP contribution is -2.01. The highest BCUT2D eigenvalue weighted by Gasteiger charge is 2.02. The summed E-state index contributed by atoms with van der Waals surface area (Å²) in [4.78, 5) is 13.3. The van der Waals surface area contributed by atoms with Gasteiger partial charge in [0, 0.05) is 19.2 Å². The molecule has 0 aliphatic carbocycles. The molecule has 0 fully saturated rings. The van der Waals surface area contributed by atoms with Crippen molar-refractivity contribution in [3.05, 3.63) is 17.5 Å². The van der Waals surface area contributed by atoms with Crippen molar-refractivity contribution in [2.75, 3.05) is 6.54 Å². The fourth-order valence-corrected chi connectivity index (χ4v) is 1.14. The third-order valence-electron chi connectivity index (χ3n) is 1.80. The average Bonchev–Trinajstić information content (AvgIpc) is 2.35. The molecule has 64 valence electrons. The number of isocyanates is 1. The van der Waals surface area contributed by atoms with Gasteiger partial charge in [-0.05, 0) is 12.5 Å². The van der Waals surface area contributed by atoms with Gasteiger partial charge in [0.1, 0.15) is 0 Å². The van der Waals surface area contributed by atoms with Crippen LogP contribution < -0.4 is 0 Å². The molecule has 0 aromatic carbocycles. The van der Waals surface area contributed by atoms with Gasteiger partial charge in [0.15, 0.2) is 0 Å². The Balaban J connectivity index is 2.67. The van der Waals surface area contributed by atoms with Gasteiger partial charge in [-0.25, -0.2) is 9.79 Å². The normalized spacial score (nSPS) is 9.50. The van der Waals surface area contributed by atoms with Crippen LogP contribution >= 0.6 is 0 Å². The van der Waals surface area contributed by atoms with E-state index < -0.39 is 0 Å². The molecule has 0 radical (unpaired) electrons. The third-order valence-corrected chi connectivity index (χ3v) is 1.80. The maximum atomic E-state index is 9.79. The number of hydrogen-bond donors (Lipinski definition) is 0. The largest absolute Gasteiger partial charge is 0.272 e. The topological polar surface area (TPSA) is 47.2 Å². The zero-order valence-corrected chi connectivity index (χ0v) is 7.24. The molecule has 0 amide bonds. The van der Waals surface area contributed by atoms with Crippen molar-refractivity contribution in [3.63, 3.8) is 0 Å². The van der Waals surface area contributed by atoms with Gasteiger partial charge in [-0.1, -0.05) is 0 Å². The molecule has 12 heavy (non-hydrogen) atoms. The minimum Gasteiger partial charge on any atom is -0.272 e. The van der Waals surface area contributed by atoms with Crippen molar-refractivity contribution < 1.29 is 4.79 Å². The summed E-state index contributed by atoms with van der Waals surface area (Å²) in [6.07, 6.45) is 4.07. The molecule has 4 heteroatoms. The number of aromatic nitrogens is 2. The highest BCUT2D eigenvalue weighted by Crippen LogP contribution is 2.05. The summed E-state index contributed by atoms with van der Waals surface area (Å²) in [7, 11) is 1.88. The van der Waals surface area contributed by atoms with Crippen LogP contribution in [0.25, 0.3) is 0 Å². The van der Waals surface area contributed by atoms with Crippen molar-refractivity contribution in [2.24, 2.45) is 12.0 Å². The Kier molecular flexibility index (Phi) is 2.77. The second-order valence-corrected chi connectivity index (χ2v) is 2.62. The number of aliphatic imine (C=N–C) groups is 1. The van der Waals surface area contributed by atoms with E-state index >= 15 is 0 Å². The predicted octanol–water partition coefficient (Wildman–Crippen LogP) is 0.607. The lowest BCUT2D eigenvalue weighted by Gasteiger charge is -1.99. The molecule has 1 aromatic rings. The molecule has 0 aliphatic heterocycles. The molecule has 1 aromatic heterocycles. The van der Waals surface area contributed by atoms with Gasteiger partial charge in [-0.15, -0.1) is 0 Å². The molecule has 0 atom stereocenters. The Labute approximate surface area is 70.9 Å².